The van der Waals surface area contributed by atoms with E-state index in [0.29, 0.717) is 22.9 Å². The van der Waals surface area contributed by atoms with E-state index in [-0.39, 0.29) is 32.0 Å². The predicted octanol–water partition coefficient (Wildman–Crippen LogP) is 5.26. The minimum Gasteiger partial charge on any atom is -0.441 e. The Balaban J connectivity index is 0.00000306. The fourth-order valence-corrected chi connectivity index (χ4v) is 3.29. The molecule has 0 amide bonds. The average molecular weight is 627 g/mol. The molecule has 0 N–H and O–H groups in total. The molecule has 0 aromatic carbocycles. The molecule has 8 heteroatoms. The van der Waals surface area contributed by atoms with Crippen LogP contribution in [0.4, 0.5) is 8.78 Å². The van der Waals surface area contributed by atoms with Crippen molar-refractivity contribution >= 4 is 0 Å². The van der Waals surface area contributed by atoms with Gasteiger partial charge >= 0.3 is 21.1 Å². The van der Waals surface area contributed by atoms with Crippen molar-refractivity contribution < 1.29 is 29.8 Å². The monoisotopic (exact) mass is 626 g/mol. The van der Waals surface area contributed by atoms with Crippen LogP contribution >= 0.6 is 0 Å². The third kappa shape index (κ3) is 5.09. The Labute approximate surface area is 206 Å². The fourth-order valence-electron chi connectivity index (χ4n) is 3.29. The van der Waals surface area contributed by atoms with Crippen molar-refractivity contribution in [2.75, 3.05) is 0 Å². The Morgan fingerprint density at radius 3 is 1.97 bits per heavy atom. The Morgan fingerprint density at radius 1 is 0.788 bits per heavy atom. The number of rotatable bonds is 4. The molecule has 0 saturated carbocycles. The molecular weight excluding hydrogens is 603 g/mol. The smallest absolute Gasteiger partial charge is 0.441 e. The fraction of sp³-hybridized carbons (Fsp3) is 0.280. The summed E-state index contributed by atoms with van der Waals surface area (Å²) in [6, 6.07) is 14.5. The molecule has 4 rings (SSSR count). The molecule has 172 valence electrons. The van der Waals surface area contributed by atoms with Gasteiger partial charge in [0.1, 0.15) is 11.9 Å². The van der Waals surface area contributed by atoms with Crippen LogP contribution in [0.1, 0.15) is 51.7 Å². The van der Waals surface area contributed by atoms with Gasteiger partial charge in [0.25, 0.3) is 0 Å². The molecule has 4 heterocycles. The summed E-state index contributed by atoms with van der Waals surface area (Å²) in [5.41, 5.74) is 2.66. The first-order valence-electron chi connectivity index (χ1n) is 10.3. The first kappa shape index (κ1) is 24.8. The first-order valence-corrected chi connectivity index (χ1v) is 10.3. The molecule has 0 unspecified atom stereocenters. The molecule has 0 saturated heterocycles. The summed E-state index contributed by atoms with van der Waals surface area (Å²) in [5.74, 6) is -1.30. The molecule has 0 atom stereocenters. The van der Waals surface area contributed by atoms with Crippen LogP contribution in [0.25, 0.3) is 22.8 Å². The quantitative estimate of drug-likeness (QED) is 0.229. The van der Waals surface area contributed by atoms with Gasteiger partial charge in [-0.3, -0.25) is 9.97 Å². The molecule has 4 aromatic heterocycles. The van der Waals surface area contributed by atoms with Crippen molar-refractivity contribution in [3.8, 4) is 22.8 Å². The minimum atomic E-state index is -0.949. The molecule has 0 spiro atoms. The van der Waals surface area contributed by atoms with Crippen LogP contribution in [0.5, 0.6) is 0 Å². The molecular formula is C25H23F2N5Pt. The number of halogens is 2. The van der Waals surface area contributed by atoms with Gasteiger partial charge in [-0.15, -0.1) is 6.07 Å². The van der Waals surface area contributed by atoms with Gasteiger partial charge < -0.3 is 15.0 Å². The van der Waals surface area contributed by atoms with Crippen LogP contribution in [0.2, 0.25) is 0 Å². The Morgan fingerprint density at radius 2 is 1.39 bits per heavy atom. The van der Waals surface area contributed by atoms with E-state index in [2.05, 4.69) is 46.8 Å². The largest absolute Gasteiger partial charge is 2.00 e. The van der Waals surface area contributed by atoms with Crippen LogP contribution < -0.4 is 4.98 Å². The molecule has 0 radical (unpaired) electrons. The molecule has 0 aliphatic rings. The number of hydrogen-bond donors (Lipinski definition) is 0. The predicted molar refractivity (Wildman–Crippen MR) is 118 cm³/mol. The van der Waals surface area contributed by atoms with Gasteiger partial charge in [-0.25, -0.2) is 8.78 Å². The maximum absolute atomic E-state index is 14.2. The average Bonchev–Trinajstić information content (AvgIpc) is 3.25. The van der Waals surface area contributed by atoms with Gasteiger partial charge in [0, 0.05) is 11.1 Å². The van der Waals surface area contributed by atoms with E-state index in [0.717, 1.165) is 17.5 Å². The van der Waals surface area contributed by atoms with Crippen molar-refractivity contribution in [1.82, 2.24) is 24.9 Å². The molecule has 0 aliphatic heterocycles. The van der Waals surface area contributed by atoms with Crippen molar-refractivity contribution in [1.29, 1.82) is 0 Å². The molecule has 0 bridgehead atoms. The van der Waals surface area contributed by atoms with Crippen LogP contribution in [-0.4, -0.2) is 19.9 Å². The third-order valence-electron chi connectivity index (χ3n) is 5.31. The molecule has 4 aromatic rings. The van der Waals surface area contributed by atoms with Gasteiger partial charge in [-0.2, -0.15) is 0 Å². The SMILES string of the molecule is CC(C)(C)c1c[n-]c(-c2cccc(C(C)(C)c3cccc(-c4[c-]cc(F)nc4F)n3)n2)n1.[Pt+2]. The van der Waals surface area contributed by atoms with Crippen LogP contribution in [-0.2, 0) is 31.9 Å². The summed E-state index contributed by atoms with van der Waals surface area (Å²) in [5, 5.41) is 0. The molecule has 0 fully saturated rings. The number of hydrogen-bond acceptors (Lipinski definition) is 4. The maximum Gasteiger partial charge on any atom is 2.00 e. The van der Waals surface area contributed by atoms with E-state index in [1.807, 2.05) is 38.1 Å². The zero-order valence-corrected chi connectivity index (χ0v) is 21.2. The van der Waals surface area contributed by atoms with Gasteiger partial charge in [0.05, 0.1) is 11.4 Å². The molecule has 0 aliphatic carbocycles. The van der Waals surface area contributed by atoms with Crippen molar-refractivity contribution in [3.05, 3.63) is 83.7 Å². The summed E-state index contributed by atoms with van der Waals surface area (Å²) in [7, 11) is 0. The number of aromatic nitrogens is 5. The zero-order valence-electron chi connectivity index (χ0n) is 18.9. The second-order valence-corrected chi connectivity index (χ2v) is 9.16. The van der Waals surface area contributed by atoms with E-state index >= 15 is 0 Å². The Hall–Kier alpha value is -2.79. The van der Waals surface area contributed by atoms with E-state index in [1.54, 1.807) is 18.3 Å². The van der Waals surface area contributed by atoms with Gasteiger partial charge in [-0.05, 0) is 49.0 Å². The summed E-state index contributed by atoms with van der Waals surface area (Å²) in [6.07, 6.45) is 1.78. The van der Waals surface area contributed by atoms with Crippen LogP contribution in [0.15, 0.2) is 48.7 Å². The minimum absolute atomic E-state index is 0. The summed E-state index contributed by atoms with van der Waals surface area (Å²) in [6.45, 7) is 10.2. The topological polar surface area (TPSA) is 65.7 Å². The van der Waals surface area contributed by atoms with E-state index in [4.69, 9.17) is 4.98 Å². The number of pyridine rings is 3. The number of nitrogens with zero attached hydrogens (tertiary/aromatic N) is 5. The second-order valence-electron chi connectivity index (χ2n) is 9.16. The number of imidazole rings is 1. The molecule has 33 heavy (non-hydrogen) atoms. The van der Waals surface area contributed by atoms with E-state index in [1.165, 1.54) is 0 Å². The van der Waals surface area contributed by atoms with Crippen molar-refractivity contribution in [3.63, 3.8) is 0 Å². The second kappa shape index (κ2) is 9.22. The normalized spacial score (nSPS) is 11.8. The Bertz CT molecular complexity index is 1280. The van der Waals surface area contributed by atoms with Crippen molar-refractivity contribution in [2.45, 2.75) is 45.4 Å². The Kier molecular flexibility index (Phi) is 6.94. The summed E-state index contributed by atoms with van der Waals surface area (Å²) in [4.78, 5) is 21.8. The third-order valence-corrected chi connectivity index (χ3v) is 5.31. The van der Waals surface area contributed by atoms with Gasteiger partial charge in [0.15, 0.2) is 0 Å². The standard InChI is InChI=1S/C25H23F2N5.Pt/c1-24(2,3)20-14-28-23(31-20)17-9-7-11-19(30-17)25(4,5)18-10-6-8-16(29-18)15-12-13-21(26)32-22(15)27;/h6-11,13-14H,1-5H3;/q-2;+2. The first-order chi connectivity index (χ1) is 15.1. The van der Waals surface area contributed by atoms with Gasteiger partial charge in [0.2, 0.25) is 0 Å². The van der Waals surface area contributed by atoms with E-state index in [9.17, 15) is 8.78 Å². The van der Waals surface area contributed by atoms with Crippen LogP contribution in [0.3, 0.4) is 0 Å². The van der Waals surface area contributed by atoms with Gasteiger partial charge in [-0.1, -0.05) is 62.5 Å². The summed E-state index contributed by atoms with van der Waals surface area (Å²) >= 11 is 0. The van der Waals surface area contributed by atoms with Crippen LogP contribution in [0, 0.1) is 18.0 Å². The molecule has 5 nitrogen and oxygen atoms in total. The van der Waals surface area contributed by atoms with E-state index < -0.39 is 17.3 Å². The zero-order chi connectivity index (χ0) is 23.1. The maximum atomic E-state index is 14.2. The van der Waals surface area contributed by atoms with Crippen molar-refractivity contribution in [2.24, 2.45) is 0 Å². The summed E-state index contributed by atoms with van der Waals surface area (Å²) < 4.78 is 27.3.